The number of amides is 1. The highest BCUT2D eigenvalue weighted by molar-refractivity contribution is 5.92. The highest BCUT2D eigenvalue weighted by atomic mass is 16.5. The van der Waals surface area contributed by atoms with Gasteiger partial charge in [-0.2, -0.15) is 5.10 Å². The highest BCUT2D eigenvalue weighted by Gasteiger charge is 2.27. The van der Waals surface area contributed by atoms with Gasteiger partial charge >= 0.3 is 0 Å². The Morgan fingerprint density at radius 2 is 1.93 bits per heavy atom. The van der Waals surface area contributed by atoms with Crippen LogP contribution in [0.25, 0.3) is 11.3 Å². The Morgan fingerprint density at radius 1 is 1.20 bits per heavy atom. The van der Waals surface area contributed by atoms with Crippen LogP contribution in [0.3, 0.4) is 0 Å². The molecule has 4 rings (SSSR count). The molecule has 7 nitrogen and oxygen atoms in total. The van der Waals surface area contributed by atoms with Gasteiger partial charge in [-0.05, 0) is 48.9 Å². The van der Waals surface area contributed by atoms with Crippen LogP contribution < -0.4 is 15.4 Å². The van der Waals surface area contributed by atoms with Crippen molar-refractivity contribution in [2.75, 3.05) is 18.4 Å². The first kappa shape index (κ1) is 19.4. The highest BCUT2D eigenvalue weighted by Crippen LogP contribution is 2.34. The van der Waals surface area contributed by atoms with E-state index in [0.717, 1.165) is 24.0 Å². The predicted octanol–water partition coefficient (Wildman–Crippen LogP) is 3.81. The number of hydrogen-bond acceptors (Lipinski definition) is 5. The second-order valence-electron chi connectivity index (χ2n) is 6.93. The van der Waals surface area contributed by atoms with E-state index < -0.39 is 0 Å². The van der Waals surface area contributed by atoms with Gasteiger partial charge in [-0.3, -0.25) is 9.59 Å². The Kier molecular flexibility index (Phi) is 5.61. The van der Waals surface area contributed by atoms with E-state index in [1.54, 1.807) is 4.68 Å². The Bertz CT molecular complexity index is 1060. The molecule has 1 unspecified atom stereocenters. The van der Waals surface area contributed by atoms with E-state index in [9.17, 15) is 9.59 Å². The maximum Gasteiger partial charge on any atom is 0.243 e. The number of nitrogens with zero attached hydrogens (tertiary/aromatic N) is 2. The summed E-state index contributed by atoms with van der Waals surface area (Å²) in [5.74, 6) is 1.90. The average molecular weight is 402 g/mol. The molecular formula is C23H22N4O3. The lowest BCUT2D eigenvalue weighted by Gasteiger charge is -2.25. The van der Waals surface area contributed by atoms with E-state index >= 15 is 0 Å². The average Bonchev–Trinajstić information content (AvgIpc) is 3.18. The summed E-state index contributed by atoms with van der Waals surface area (Å²) in [6.07, 6.45) is 2.85. The normalized spacial score (nSPS) is 14.9. The number of rotatable bonds is 7. The molecule has 0 fully saturated rings. The lowest BCUT2D eigenvalue weighted by Crippen LogP contribution is -2.34. The van der Waals surface area contributed by atoms with E-state index in [2.05, 4.69) is 17.2 Å². The monoisotopic (exact) mass is 402 g/mol. The van der Waals surface area contributed by atoms with Gasteiger partial charge in [0.1, 0.15) is 23.0 Å². The minimum Gasteiger partial charge on any atom is -0.457 e. The molecule has 1 aliphatic heterocycles. The molecular weight excluding hydrogens is 380 g/mol. The van der Waals surface area contributed by atoms with E-state index in [1.165, 1.54) is 6.08 Å². The Balaban J connectivity index is 1.60. The zero-order chi connectivity index (χ0) is 20.9. The van der Waals surface area contributed by atoms with Crippen LogP contribution in [0.4, 0.5) is 5.82 Å². The second kappa shape index (κ2) is 8.65. The van der Waals surface area contributed by atoms with Gasteiger partial charge in [0.15, 0.2) is 6.29 Å². The lowest BCUT2D eigenvalue weighted by atomic mass is 10.1. The Morgan fingerprint density at radius 3 is 2.63 bits per heavy atom. The molecule has 2 aromatic carbocycles. The van der Waals surface area contributed by atoms with Crippen molar-refractivity contribution in [2.45, 2.75) is 12.5 Å². The molecule has 7 heteroatoms. The van der Waals surface area contributed by atoms with Gasteiger partial charge in [-0.1, -0.05) is 24.8 Å². The third kappa shape index (κ3) is 3.96. The first-order valence-corrected chi connectivity index (χ1v) is 9.74. The summed E-state index contributed by atoms with van der Waals surface area (Å²) in [6, 6.07) is 17.0. The van der Waals surface area contributed by atoms with Crippen molar-refractivity contribution in [1.29, 1.82) is 0 Å². The summed E-state index contributed by atoms with van der Waals surface area (Å²) >= 11 is 0. The number of aromatic nitrogens is 2. The summed E-state index contributed by atoms with van der Waals surface area (Å²) in [4.78, 5) is 23.4. The summed E-state index contributed by atoms with van der Waals surface area (Å²) in [6.45, 7) is 4.59. The number of para-hydroxylation sites is 1. The molecule has 0 spiro atoms. The van der Waals surface area contributed by atoms with Gasteiger partial charge < -0.3 is 15.4 Å². The van der Waals surface area contributed by atoms with Crippen LogP contribution in [-0.4, -0.2) is 35.1 Å². The van der Waals surface area contributed by atoms with Crippen molar-refractivity contribution in [3.63, 3.8) is 0 Å². The van der Waals surface area contributed by atoms with Gasteiger partial charge in [0.05, 0.1) is 11.6 Å². The minimum absolute atomic E-state index is 0.0433. The molecule has 0 bridgehead atoms. The second-order valence-corrected chi connectivity index (χ2v) is 6.93. The fraction of sp³-hybridized carbons (Fsp3) is 0.174. The number of carbonyl (C=O) groups is 2. The van der Waals surface area contributed by atoms with Crippen LogP contribution in [0, 0.1) is 0 Å². The first-order chi connectivity index (χ1) is 14.7. The van der Waals surface area contributed by atoms with Crippen LogP contribution >= 0.6 is 0 Å². The summed E-state index contributed by atoms with van der Waals surface area (Å²) in [5.41, 5.74) is 1.92. The fourth-order valence-electron chi connectivity index (χ4n) is 3.48. The minimum atomic E-state index is -0.230. The molecule has 152 valence electrons. The Labute approximate surface area is 174 Å². The van der Waals surface area contributed by atoms with E-state index in [0.29, 0.717) is 35.9 Å². The topological polar surface area (TPSA) is 85.2 Å². The van der Waals surface area contributed by atoms with E-state index in [4.69, 9.17) is 9.84 Å². The van der Waals surface area contributed by atoms with Gasteiger partial charge in [-0.25, -0.2) is 4.68 Å². The summed E-state index contributed by atoms with van der Waals surface area (Å²) in [7, 11) is 0. The fourth-order valence-corrected chi connectivity index (χ4v) is 3.48. The molecule has 3 aromatic rings. The molecule has 2 N–H and O–H groups in total. The lowest BCUT2D eigenvalue weighted by molar-refractivity contribution is -0.116. The van der Waals surface area contributed by atoms with Crippen LogP contribution in [0.2, 0.25) is 0 Å². The van der Waals surface area contributed by atoms with Gasteiger partial charge in [-0.15, -0.1) is 0 Å². The van der Waals surface area contributed by atoms with Crippen molar-refractivity contribution in [3.05, 3.63) is 72.8 Å². The zero-order valence-corrected chi connectivity index (χ0v) is 16.4. The van der Waals surface area contributed by atoms with Crippen molar-refractivity contribution < 1.29 is 14.3 Å². The third-order valence-electron chi connectivity index (χ3n) is 4.98. The zero-order valence-electron chi connectivity index (χ0n) is 16.4. The maximum absolute atomic E-state index is 11.9. The van der Waals surface area contributed by atoms with E-state index in [1.807, 2.05) is 54.6 Å². The van der Waals surface area contributed by atoms with Crippen LogP contribution in [0.15, 0.2) is 67.3 Å². The quantitative estimate of drug-likeness (QED) is 0.464. The molecule has 0 radical (unpaired) electrons. The standard InChI is InChI=1S/C23H22N4O3/c1-2-21(29)25-14-17-12-13-24-23-20(15-28)22(26-27(17)23)16-8-10-19(11-9-16)30-18-6-4-3-5-7-18/h2-11,15,17,24H,1,12-14H2,(H,25,29). The third-order valence-corrected chi connectivity index (χ3v) is 4.98. The van der Waals surface area contributed by atoms with Crippen molar-refractivity contribution in [1.82, 2.24) is 15.1 Å². The number of hydrogen-bond donors (Lipinski definition) is 2. The van der Waals surface area contributed by atoms with E-state index in [-0.39, 0.29) is 11.9 Å². The number of benzene rings is 2. The van der Waals surface area contributed by atoms with Gasteiger partial charge in [0.25, 0.3) is 0 Å². The molecule has 0 saturated heterocycles. The van der Waals surface area contributed by atoms with Crippen LogP contribution in [-0.2, 0) is 4.79 Å². The number of nitrogens with one attached hydrogen (secondary N) is 2. The molecule has 1 atom stereocenters. The van der Waals surface area contributed by atoms with Crippen LogP contribution in [0.5, 0.6) is 11.5 Å². The molecule has 1 aliphatic rings. The maximum atomic E-state index is 11.9. The molecule has 0 aliphatic carbocycles. The molecule has 1 amide bonds. The number of aldehydes is 1. The van der Waals surface area contributed by atoms with Gasteiger partial charge in [0, 0.05) is 18.7 Å². The van der Waals surface area contributed by atoms with Crippen LogP contribution in [0.1, 0.15) is 22.8 Å². The number of fused-ring (bicyclic) bond motifs is 1. The van der Waals surface area contributed by atoms with Crippen molar-refractivity contribution >= 4 is 18.0 Å². The molecule has 30 heavy (non-hydrogen) atoms. The number of anilines is 1. The summed E-state index contributed by atoms with van der Waals surface area (Å²) < 4.78 is 7.63. The largest absolute Gasteiger partial charge is 0.457 e. The smallest absolute Gasteiger partial charge is 0.243 e. The summed E-state index contributed by atoms with van der Waals surface area (Å²) in [5, 5.41) is 10.8. The van der Waals surface area contributed by atoms with Gasteiger partial charge in [0.2, 0.25) is 5.91 Å². The predicted molar refractivity (Wildman–Crippen MR) is 115 cm³/mol. The van der Waals surface area contributed by atoms with Crippen molar-refractivity contribution in [3.8, 4) is 22.8 Å². The molecule has 2 heterocycles. The number of ether oxygens (including phenoxy) is 1. The molecule has 1 aromatic heterocycles. The number of carbonyl (C=O) groups excluding carboxylic acids is 2. The SMILES string of the molecule is C=CC(=O)NCC1CCNc2c(C=O)c(-c3ccc(Oc4ccccc4)cc3)nn21. The van der Waals surface area contributed by atoms with Crippen molar-refractivity contribution in [2.24, 2.45) is 0 Å². The Hall–Kier alpha value is -3.87. The first-order valence-electron chi connectivity index (χ1n) is 9.74. The molecule has 0 saturated carbocycles.